The topological polar surface area (TPSA) is 34.1 Å². The van der Waals surface area contributed by atoms with Crippen LogP contribution in [-0.2, 0) is 9.59 Å². The first-order valence-corrected chi connectivity index (χ1v) is 6.00. The van der Waals surface area contributed by atoms with Gasteiger partial charge in [-0.1, -0.05) is 35.5 Å². The van der Waals surface area contributed by atoms with Crippen molar-refractivity contribution in [3.05, 3.63) is 34.9 Å². The summed E-state index contributed by atoms with van der Waals surface area (Å²) in [6.07, 6.45) is 1.67. The van der Waals surface area contributed by atoms with Crippen LogP contribution >= 0.6 is 23.4 Å². The molecule has 0 saturated heterocycles. The van der Waals surface area contributed by atoms with Crippen molar-refractivity contribution in [1.82, 2.24) is 0 Å². The van der Waals surface area contributed by atoms with Crippen LogP contribution < -0.4 is 0 Å². The second kappa shape index (κ2) is 5.33. The number of carbonyl (C=O) groups is 2. The maximum Gasteiger partial charge on any atom is 0.203 e. The molecule has 15 heavy (non-hydrogen) atoms. The second-order valence-corrected chi connectivity index (χ2v) is 4.37. The maximum atomic E-state index is 11.5. The largest absolute Gasteiger partial charge is 0.299 e. The summed E-state index contributed by atoms with van der Waals surface area (Å²) in [7, 11) is 0. The second-order valence-electron chi connectivity index (χ2n) is 3.12. The van der Waals surface area contributed by atoms with E-state index in [-0.39, 0.29) is 10.9 Å². The highest BCUT2D eigenvalue weighted by Crippen LogP contribution is 2.23. The Balaban J connectivity index is 3.04. The molecular formula is C11H11ClO2S. The van der Waals surface area contributed by atoms with Gasteiger partial charge >= 0.3 is 0 Å². The van der Waals surface area contributed by atoms with Crippen LogP contribution in [0.2, 0.25) is 5.02 Å². The summed E-state index contributed by atoms with van der Waals surface area (Å²) >= 11 is 6.80. The van der Waals surface area contributed by atoms with E-state index < -0.39 is 5.92 Å². The average Bonchev–Trinajstić information content (AvgIpc) is 2.20. The molecule has 0 aliphatic rings. The molecule has 0 heterocycles. The molecule has 80 valence electrons. The van der Waals surface area contributed by atoms with Gasteiger partial charge in [-0.2, -0.15) is 0 Å². The Bertz CT molecular complexity index is 373. The number of Topliss-reactive ketones (excluding diaryl/α,β-unsaturated/α-hetero) is 1. The van der Waals surface area contributed by atoms with E-state index in [4.69, 9.17) is 11.6 Å². The molecule has 0 spiro atoms. The van der Waals surface area contributed by atoms with Crippen molar-refractivity contribution in [2.75, 3.05) is 6.26 Å². The number of halogens is 1. The lowest BCUT2D eigenvalue weighted by Gasteiger charge is -2.11. The summed E-state index contributed by atoms with van der Waals surface area (Å²) in [5.74, 6) is -0.811. The van der Waals surface area contributed by atoms with E-state index in [1.54, 1.807) is 30.5 Å². The molecule has 0 fully saturated rings. The molecule has 1 rings (SSSR count). The van der Waals surface area contributed by atoms with Gasteiger partial charge in [0.05, 0.1) is 0 Å². The molecule has 0 aromatic heterocycles. The van der Waals surface area contributed by atoms with Crippen molar-refractivity contribution in [2.24, 2.45) is 0 Å². The van der Waals surface area contributed by atoms with Crippen molar-refractivity contribution < 1.29 is 9.59 Å². The molecule has 0 bridgehead atoms. The molecule has 4 heteroatoms. The lowest BCUT2D eigenvalue weighted by atomic mass is 9.97. The van der Waals surface area contributed by atoms with Gasteiger partial charge in [0.1, 0.15) is 11.7 Å². The van der Waals surface area contributed by atoms with Crippen molar-refractivity contribution in [1.29, 1.82) is 0 Å². The van der Waals surface area contributed by atoms with Gasteiger partial charge in [-0.05, 0) is 30.9 Å². The molecule has 1 aromatic rings. The fraction of sp³-hybridized carbons (Fsp3) is 0.273. The Morgan fingerprint density at radius 3 is 2.20 bits per heavy atom. The van der Waals surface area contributed by atoms with E-state index in [2.05, 4.69) is 0 Å². The van der Waals surface area contributed by atoms with Crippen LogP contribution in [0.5, 0.6) is 0 Å². The lowest BCUT2D eigenvalue weighted by molar-refractivity contribution is -0.123. The van der Waals surface area contributed by atoms with E-state index in [0.717, 1.165) is 11.8 Å². The van der Waals surface area contributed by atoms with Gasteiger partial charge in [0.2, 0.25) is 5.12 Å². The summed E-state index contributed by atoms with van der Waals surface area (Å²) in [6.45, 7) is 1.42. The highest BCUT2D eigenvalue weighted by atomic mass is 35.5. The smallest absolute Gasteiger partial charge is 0.203 e. The lowest BCUT2D eigenvalue weighted by Crippen LogP contribution is -2.16. The minimum absolute atomic E-state index is 0.134. The number of ketones is 1. The molecule has 1 unspecified atom stereocenters. The van der Waals surface area contributed by atoms with E-state index >= 15 is 0 Å². The Kier molecular flexibility index (Phi) is 4.36. The monoisotopic (exact) mass is 242 g/mol. The maximum absolute atomic E-state index is 11.5. The van der Waals surface area contributed by atoms with Crippen LogP contribution in [-0.4, -0.2) is 17.2 Å². The Hall–Kier alpha value is -0.800. The molecule has 0 aliphatic carbocycles. The third-order valence-corrected chi connectivity index (χ3v) is 2.94. The number of carbonyl (C=O) groups excluding carboxylic acids is 2. The van der Waals surface area contributed by atoms with E-state index in [0.29, 0.717) is 10.6 Å². The first kappa shape index (κ1) is 12.3. The predicted molar refractivity (Wildman–Crippen MR) is 63.4 cm³/mol. The zero-order valence-corrected chi connectivity index (χ0v) is 10.1. The molecule has 2 nitrogen and oxygen atoms in total. The van der Waals surface area contributed by atoms with Gasteiger partial charge in [-0.25, -0.2) is 0 Å². The van der Waals surface area contributed by atoms with Gasteiger partial charge in [-0.3, -0.25) is 9.59 Å². The summed E-state index contributed by atoms with van der Waals surface area (Å²) in [6, 6.07) is 6.78. The standard InChI is InChI=1S/C11H11ClO2S/c1-7(13)10(11(14)15-2)8-3-5-9(12)6-4-8/h3-6,10H,1-2H3. The number of benzene rings is 1. The first-order chi connectivity index (χ1) is 7.06. The minimum atomic E-state index is -0.669. The summed E-state index contributed by atoms with van der Waals surface area (Å²) in [5.41, 5.74) is 0.700. The van der Waals surface area contributed by atoms with Gasteiger partial charge in [0, 0.05) is 5.02 Å². The van der Waals surface area contributed by atoms with Crippen molar-refractivity contribution >= 4 is 34.3 Å². The van der Waals surface area contributed by atoms with Crippen molar-refractivity contribution in [3.63, 3.8) is 0 Å². The number of hydrogen-bond acceptors (Lipinski definition) is 3. The predicted octanol–water partition coefficient (Wildman–Crippen LogP) is 2.90. The Labute approximate surface area is 98.0 Å². The van der Waals surface area contributed by atoms with Gasteiger partial charge in [0.15, 0.2) is 0 Å². The molecule has 0 aliphatic heterocycles. The first-order valence-electron chi connectivity index (χ1n) is 4.40. The van der Waals surface area contributed by atoms with Crippen LogP contribution in [0.3, 0.4) is 0 Å². The number of thioether (sulfide) groups is 1. The van der Waals surface area contributed by atoms with Gasteiger partial charge in [-0.15, -0.1) is 0 Å². The van der Waals surface area contributed by atoms with Crippen molar-refractivity contribution in [3.8, 4) is 0 Å². The highest BCUT2D eigenvalue weighted by molar-refractivity contribution is 8.13. The average molecular weight is 243 g/mol. The molecule has 0 N–H and O–H groups in total. The highest BCUT2D eigenvalue weighted by Gasteiger charge is 2.24. The van der Waals surface area contributed by atoms with Crippen LogP contribution in [0.15, 0.2) is 24.3 Å². The van der Waals surface area contributed by atoms with Crippen LogP contribution in [0.25, 0.3) is 0 Å². The Morgan fingerprint density at radius 1 is 1.27 bits per heavy atom. The summed E-state index contributed by atoms with van der Waals surface area (Å²) in [5, 5.41) is 0.461. The molecule has 0 amide bonds. The summed E-state index contributed by atoms with van der Waals surface area (Å²) in [4.78, 5) is 22.9. The zero-order chi connectivity index (χ0) is 11.4. The van der Waals surface area contributed by atoms with Crippen LogP contribution in [0, 0.1) is 0 Å². The summed E-state index contributed by atoms with van der Waals surface area (Å²) < 4.78 is 0. The fourth-order valence-electron chi connectivity index (χ4n) is 1.31. The molecule has 0 saturated carbocycles. The molecule has 0 radical (unpaired) electrons. The molecular weight excluding hydrogens is 232 g/mol. The number of rotatable bonds is 3. The van der Waals surface area contributed by atoms with Crippen molar-refractivity contribution in [2.45, 2.75) is 12.8 Å². The number of hydrogen-bond donors (Lipinski definition) is 0. The zero-order valence-electron chi connectivity index (χ0n) is 8.49. The van der Waals surface area contributed by atoms with Crippen LogP contribution in [0.4, 0.5) is 0 Å². The third-order valence-electron chi connectivity index (χ3n) is 2.05. The minimum Gasteiger partial charge on any atom is -0.299 e. The quantitative estimate of drug-likeness (QED) is 0.765. The van der Waals surface area contributed by atoms with E-state index in [1.807, 2.05) is 0 Å². The third kappa shape index (κ3) is 3.08. The fourth-order valence-corrected chi connectivity index (χ4v) is 1.97. The van der Waals surface area contributed by atoms with Gasteiger partial charge < -0.3 is 0 Å². The molecule has 1 atom stereocenters. The van der Waals surface area contributed by atoms with E-state index in [9.17, 15) is 9.59 Å². The van der Waals surface area contributed by atoms with Gasteiger partial charge in [0.25, 0.3) is 0 Å². The SMILES string of the molecule is CSC(=O)C(C(C)=O)c1ccc(Cl)cc1. The van der Waals surface area contributed by atoms with Crippen LogP contribution in [0.1, 0.15) is 18.4 Å². The van der Waals surface area contributed by atoms with E-state index in [1.165, 1.54) is 6.92 Å². The molecule has 1 aromatic carbocycles. The normalized spacial score (nSPS) is 12.2. The Morgan fingerprint density at radius 2 is 1.80 bits per heavy atom.